The highest BCUT2D eigenvalue weighted by atomic mass is 15.2. The molecule has 0 saturated carbocycles. The lowest BCUT2D eigenvalue weighted by Gasteiger charge is -2.23. The van der Waals surface area contributed by atoms with Gasteiger partial charge in [0.15, 0.2) is 0 Å². The summed E-state index contributed by atoms with van der Waals surface area (Å²) >= 11 is 0. The van der Waals surface area contributed by atoms with E-state index in [2.05, 4.69) is 15.0 Å². The number of likely N-dealkylation sites (N-methyl/N-ethyl adjacent to an activating group) is 1. The van der Waals surface area contributed by atoms with Gasteiger partial charge in [0.25, 0.3) is 0 Å². The number of nitrogens with two attached hydrogens (primary N) is 1. The second kappa shape index (κ2) is 5.55. The summed E-state index contributed by atoms with van der Waals surface area (Å²) in [7, 11) is 1.94. The van der Waals surface area contributed by atoms with E-state index in [9.17, 15) is 0 Å². The molecule has 1 atom stereocenters. The first-order chi connectivity index (χ1) is 8.72. The maximum atomic E-state index is 5.63. The number of nitrogens with zero attached hydrogens (tertiary/aromatic N) is 4. The van der Waals surface area contributed by atoms with Gasteiger partial charge in [-0.3, -0.25) is 4.98 Å². The number of anilines is 1. The summed E-state index contributed by atoms with van der Waals surface area (Å²) in [5, 5.41) is 0. The van der Waals surface area contributed by atoms with E-state index in [0.29, 0.717) is 12.5 Å². The Hall–Kier alpha value is -2.01. The second-order valence-corrected chi connectivity index (χ2v) is 4.20. The standard InChI is InChI=1S/C13H17N5/c1-10(7-14)18(2)13-16-8-12(9-17-13)11-3-5-15-6-4-11/h3-6,8-10H,7,14H2,1-2H3. The second-order valence-electron chi connectivity index (χ2n) is 4.20. The average Bonchev–Trinajstić information content (AvgIpc) is 2.47. The molecular formula is C13H17N5. The summed E-state index contributed by atoms with van der Waals surface area (Å²) in [6, 6.07) is 4.09. The van der Waals surface area contributed by atoms with Crippen molar-refractivity contribution in [2.75, 3.05) is 18.5 Å². The summed E-state index contributed by atoms with van der Waals surface area (Å²) in [5.74, 6) is 0.686. The van der Waals surface area contributed by atoms with Crippen LogP contribution < -0.4 is 10.6 Å². The fraction of sp³-hybridized carbons (Fsp3) is 0.308. The van der Waals surface area contributed by atoms with Crippen molar-refractivity contribution in [3.05, 3.63) is 36.9 Å². The molecule has 2 aromatic rings. The van der Waals surface area contributed by atoms with Crippen LogP contribution in [-0.2, 0) is 0 Å². The summed E-state index contributed by atoms with van der Waals surface area (Å²) in [4.78, 5) is 14.7. The Kier molecular flexibility index (Phi) is 3.84. The normalized spacial score (nSPS) is 12.2. The molecule has 5 nitrogen and oxygen atoms in total. The maximum absolute atomic E-state index is 5.63. The summed E-state index contributed by atoms with van der Waals surface area (Å²) in [5.41, 5.74) is 7.67. The van der Waals surface area contributed by atoms with Crippen LogP contribution in [0.1, 0.15) is 6.92 Å². The van der Waals surface area contributed by atoms with Crippen LogP contribution in [0.5, 0.6) is 0 Å². The zero-order valence-electron chi connectivity index (χ0n) is 10.6. The smallest absolute Gasteiger partial charge is 0.225 e. The first-order valence-corrected chi connectivity index (χ1v) is 5.87. The van der Waals surface area contributed by atoms with E-state index < -0.39 is 0 Å². The van der Waals surface area contributed by atoms with Gasteiger partial charge in [-0.05, 0) is 24.6 Å². The molecule has 0 spiro atoms. The predicted molar refractivity (Wildman–Crippen MR) is 72.2 cm³/mol. The van der Waals surface area contributed by atoms with Gasteiger partial charge in [0.05, 0.1) is 0 Å². The highest BCUT2D eigenvalue weighted by Gasteiger charge is 2.10. The molecule has 2 aromatic heterocycles. The van der Waals surface area contributed by atoms with Crippen molar-refractivity contribution < 1.29 is 0 Å². The zero-order chi connectivity index (χ0) is 13.0. The molecule has 2 heterocycles. The molecule has 2 rings (SSSR count). The number of pyridine rings is 1. The summed E-state index contributed by atoms with van der Waals surface area (Å²) in [6.07, 6.45) is 7.15. The fourth-order valence-corrected chi connectivity index (χ4v) is 1.55. The van der Waals surface area contributed by atoms with Crippen LogP contribution in [0.2, 0.25) is 0 Å². The molecule has 0 aliphatic rings. The van der Waals surface area contributed by atoms with Gasteiger partial charge in [-0.15, -0.1) is 0 Å². The average molecular weight is 243 g/mol. The Labute approximate surface area is 107 Å². The molecule has 5 heteroatoms. The minimum Gasteiger partial charge on any atom is -0.340 e. The van der Waals surface area contributed by atoms with Crippen molar-refractivity contribution >= 4 is 5.95 Å². The number of aromatic nitrogens is 3. The number of hydrogen-bond donors (Lipinski definition) is 1. The monoisotopic (exact) mass is 243 g/mol. The highest BCUT2D eigenvalue weighted by molar-refractivity contribution is 5.61. The van der Waals surface area contributed by atoms with Gasteiger partial charge in [0.1, 0.15) is 0 Å². The van der Waals surface area contributed by atoms with Gasteiger partial charge in [0, 0.05) is 50.0 Å². The molecule has 0 bridgehead atoms. The van der Waals surface area contributed by atoms with E-state index in [1.54, 1.807) is 12.4 Å². The Bertz CT molecular complexity index is 482. The highest BCUT2D eigenvalue weighted by Crippen LogP contribution is 2.17. The van der Waals surface area contributed by atoms with Crippen LogP contribution in [-0.4, -0.2) is 34.6 Å². The predicted octanol–water partition coefficient (Wildman–Crippen LogP) is 1.32. The van der Waals surface area contributed by atoms with E-state index in [4.69, 9.17) is 5.73 Å². The first kappa shape index (κ1) is 12.4. The van der Waals surface area contributed by atoms with Crippen molar-refractivity contribution in [2.24, 2.45) is 5.73 Å². The van der Waals surface area contributed by atoms with Crippen molar-refractivity contribution in [1.29, 1.82) is 0 Å². The van der Waals surface area contributed by atoms with Gasteiger partial charge in [0.2, 0.25) is 5.95 Å². The van der Waals surface area contributed by atoms with Crippen LogP contribution in [0, 0.1) is 0 Å². The summed E-state index contributed by atoms with van der Waals surface area (Å²) < 4.78 is 0. The number of hydrogen-bond acceptors (Lipinski definition) is 5. The Morgan fingerprint density at radius 3 is 2.33 bits per heavy atom. The van der Waals surface area contributed by atoms with Gasteiger partial charge in [-0.25, -0.2) is 9.97 Å². The molecule has 0 aromatic carbocycles. The van der Waals surface area contributed by atoms with Crippen LogP contribution in [0.4, 0.5) is 5.95 Å². The van der Waals surface area contributed by atoms with E-state index >= 15 is 0 Å². The molecule has 0 amide bonds. The van der Waals surface area contributed by atoms with E-state index in [-0.39, 0.29) is 6.04 Å². The van der Waals surface area contributed by atoms with Gasteiger partial charge in [-0.1, -0.05) is 0 Å². The van der Waals surface area contributed by atoms with Crippen molar-refractivity contribution in [2.45, 2.75) is 13.0 Å². The third kappa shape index (κ3) is 2.62. The SMILES string of the molecule is CC(CN)N(C)c1ncc(-c2ccncc2)cn1. The van der Waals surface area contributed by atoms with Crippen molar-refractivity contribution in [1.82, 2.24) is 15.0 Å². The molecule has 0 radical (unpaired) electrons. The number of rotatable bonds is 4. The molecule has 18 heavy (non-hydrogen) atoms. The van der Waals surface area contributed by atoms with Gasteiger partial charge >= 0.3 is 0 Å². The van der Waals surface area contributed by atoms with Gasteiger partial charge < -0.3 is 10.6 Å². The lowest BCUT2D eigenvalue weighted by molar-refractivity contribution is 0.678. The quantitative estimate of drug-likeness (QED) is 0.877. The third-order valence-electron chi connectivity index (χ3n) is 2.97. The summed E-state index contributed by atoms with van der Waals surface area (Å²) in [6.45, 7) is 2.62. The molecule has 2 N–H and O–H groups in total. The maximum Gasteiger partial charge on any atom is 0.225 e. The van der Waals surface area contributed by atoms with Crippen molar-refractivity contribution in [3.8, 4) is 11.1 Å². The van der Waals surface area contributed by atoms with Crippen LogP contribution >= 0.6 is 0 Å². The zero-order valence-corrected chi connectivity index (χ0v) is 10.6. The lowest BCUT2D eigenvalue weighted by Crippen LogP contribution is -2.36. The Morgan fingerprint density at radius 2 is 1.78 bits per heavy atom. The minimum atomic E-state index is 0.219. The van der Waals surface area contributed by atoms with Crippen molar-refractivity contribution in [3.63, 3.8) is 0 Å². The van der Waals surface area contributed by atoms with Gasteiger partial charge in [-0.2, -0.15) is 0 Å². The molecule has 0 saturated heterocycles. The molecule has 1 unspecified atom stereocenters. The molecular weight excluding hydrogens is 226 g/mol. The molecule has 0 aliphatic heterocycles. The van der Waals surface area contributed by atoms with Crippen LogP contribution in [0.15, 0.2) is 36.9 Å². The molecule has 0 aliphatic carbocycles. The van der Waals surface area contributed by atoms with E-state index in [1.165, 1.54) is 0 Å². The van der Waals surface area contributed by atoms with Crippen LogP contribution in [0.3, 0.4) is 0 Å². The van der Waals surface area contributed by atoms with E-state index in [1.807, 2.05) is 43.4 Å². The largest absolute Gasteiger partial charge is 0.340 e. The fourth-order valence-electron chi connectivity index (χ4n) is 1.55. The molecule has 0 fully saturated rings. The topological polar surface area (TPSA) is 67.9 Å². The minimum absolute atomic E-state index is 0.219. The third-order valence-corrected chi connectivity index (χ3v) is 2.97. The Morgan fingerprint density at radius 1 is 1.17 bits per heavy atom. The van der Waals surface area contributed by atoms with E-state index in [0.717, 1.165) is 11.1 Å². The first-order valence-electron chi connectivity index (χ1n) is 5.87. The lowest BCUT2D eigenvalue weighted by atomic mass is 10.1. The Balaban J connectivity index is 2.20. The van der Waals surface area contributed by atoms with Crippen LogP contribution in [0.25, 0.3) is 11.1 Å². The molecule has 94 valence electrons.